The van der Waals surface area contributed by atoms with Crippen molar-refractivity contribution in [2.75, 3.05) is 12.4 Å². The maximum Gasteiger partial charge on any atom is 0.226 e. The van der Waals surface area contributed by atoms with Crippen molar-refractivity contribution < 1.29 is 14.3 Å². The number of carbonyl (C=O) groups is 2. The van der Waals surface area contributed by atoms with Crippen LogP contribution >= 0.6 is 11.6 Å². The Morgan fingerprint density at radius 2 is 1.72 bits per heavy atom. The van der Waals surface area contributed by atoms with Gasteiger partial charge in [0.2, 0.25) is 5.91 Å². The third-order valence-electron chi connectivity index (χ3n) is 4.82. The van der Waals surface area contributed by atoms with Gasteiger partial charge in [-0.3, -0.25) is 9.59 Å². The smallest absolute Gasteiger partial charge is 0.226 e. The van der Waals surface area contributed by atoms with E-state index in [9.17, 15) is 9.59 Å². The molecule has 5 nitrogen and oxygen atoms in total. The Labute approximate surface area is 175 Å². The summed E-state index contributed by atoms with van der Waals surface area (Å²) in [6, 6.07) is 16.5. The van der Waals surface area contributed by atoms with E-state index in [2.05, 4.69) is 5.32 Å². The van der Waals surface area contributed by atoms with Gasteiger partial charge in [-0.15, -0.1) is 0 Å². The number of rotatable bonds is 7. The van der Waals surface area contributed by atoms with Crippen molar-refractivity contribution >= 4 is 29.0 Å². The van der Waals surface area contributed by atoms with E-state index in [1.54, 1.807) is 38.3 Å². The van der Waals surface area contributed by atoms with Gasteiger partial charge in [-0.05, 0) is 74.0 Å². The predicted octanol–water partition coefficient (Wildman–Crippen LogP) is 5.36. The molecule has 0 saturated heterocycles. The first-order chi connectivity index (χ1) is 13.9. The molecular weight excluding hydrogens is 388 g/mol. The Morgan fingerprint density at radius 3 is 2.31 bits per heavy atom. The first kappa shape index (κ1) is 20.7. The van der Waals surface area contributed by atoms with Crippen molar-refractivity contribution in [1.29, 1.82) is 0 Å². The molecule has 150 valence electrons. The molecule has 0 saturated carbocycles. The molecule has 1 amide bonds. The van der Waals surface area contributed by atoms with E-state index >= 15 is 0 Å². The third-order valence-corrected chi connectivity index (χ3v) is 5.07. The third kappa shape index (κ3) is 4.87. The van der Waals surface area contributed by atoms with E-state index in [-0.39, 0.29) is 18.1 Å². The summed E-state index contributed by atoms with van der Waals surface area (Å²) in [4.78, 5) is 24.5. The summed E-state index contributed by atoms with van der Waals surface area (Å²) in [5.74, 6) is 0.657. The summed E-state index contributed by atoms with van der Waals surface area (Å²) < 4.78 is 7.24. The number of ether oxygens (including phenoxy) is 1. The van der Waals surface area contributed by atoms with Crippen LogP contribution in [-0.4, -0.2) is 23.4 Å². The normalized spacial score (nSPS) is 10.6. The molecule has 0 fully saturated rings. The number of aromatic nitrogens is 1. The fraction of sp³-hybridized carbons (Fsp3) is 0.217. The maximum atomic E-state index is 12.4. The molecule has 1 heterocycles. The number of amides is 1. The van der Waals surface area contributed by atoms with Crippen molar-refractivity contribution in [2.24, 2.45) is 0 Å². The average Bonchev–Trinajstić information content (AvgIpc) is 3.05. The Hall–Kier alpha value is -3.05. The highest BCUT2D eigenvalue weighted by molar-refractivity contribution is 6.30. The molecule has 29 heavy (non-hydrogen) atoms. The molecule has 2 aromatic carbocycles. The van der Waals surface area contributed by atoms with Crippen molar-refractivity contribution in [1.82, 2.24) is 4.57 Å². The van der Waals surface area contributed by atoms with Crippen LogP contribution in [0.3, 0.4) is 0 Å². The Kier molecular flexibility index (Phi) is 6.39. The van der Waals surface area contributed by atoms with Gasteiger partial charge in [0, 0.05) is 40.6 Å². The number of hydrogen-bond donors (Lipinski definition) is 1. The zero-order valence-electron chi connectivity index (χ0n) is 16.7. The minimum absolute atomic E-state index is 0.00151. The lowest BCUT2D eigenvalue weighted by atomic mass is 10.1. The van der Waals surface area contributed by atoms with E-state index in [1.807, 2.05) is 41.8 Å². The van der Waals surface area contributed by atoms with E-state index in [0.717, 1.165) is 22.7 Å². The van der Waals surface area contributed by atoms with Crippen LogP contribution < -0.4 is 10.1 Å². The minimum atomic E-state index is -0.106. The summed E-state index contributed by atoms with van der Waals surface area (Å²) in [7, 11) is 1.62. The summed E-state index contributed by atoms with van der Waals surface area (Å²) >= 11 is 5.88. The quantitative estimate of drug-likeness (QED) is 0.533. The van der Waals surface area contributed by atoms with E-state index in [1.165, 1.54) is 0 Å². The number of methoxy groups -OCH3 is 1. The monoisotopic (exact) mass is 410 g/mol. The van der Waals surface area contributed by atoms with Gasteiger partial charge in [-0.1, -0.05) is 11.6 Å². The van der Waals surface area contributed by atoms with Gasteiger partial charge in [-0.2, -0.15) is 0 Å². The molecule has 1 aromatic heterocycles. The lowest BCUT2D eigenvalue weighted by Gasteiger charge is -2.13. The zero-order chi connectivity index (χ0) is 21.0. The van der Waals surface area contributed by atoms with Crippen molar-refractivity contribution in [3.05, 3.63) is 70.9 Å². The fourth-order valence-electron chi connectivity index (χ4n) is 3.26. The van der Waals surface area contributed by atoms with Crippen LogP contribution in [0.25, 0.3) is 11.3 Å². The second-order valence-corrected chi connectivity index (χ2v) is 7.21. The van der Waals surface area contributed by atoms with Crippen LogP contribution in [-0.2, 0) is 11.3 Å². The summed E-state index contributed by atoms with van der Waals surface area (Å²) in [5, 5.41) is 3.49. The molecule has 0 bridgehead atoms. The molecular formula is C23H23ClN2O3. The molecule has 0 aliphatic rings. The van der Waals surface area contributed by atoms with E-state index in [4.69, 9.17) is 16.3 Å². The average molecular weight is 411 g/mol. The Bertz CT molecular complexity index is 1020. The molecule has 3 rings (SSSR count). The first-order valence-electron chi connectivity index (χ1n) is 9.30. The van der Waals surface area contributed by atoms with Crippen LogP contribution in [0.5, 0.6) is 5.75 Å². The lowest BCUT2D eigenvalue weighted by molar-refractivity contribution is -0.116. The molecule has 0 spiro atoms. The molecule has 0 atom stereocenters. The van der Waals surface area contributed by atoms with Gasteiger partial charge in [0.25, 0.3) is 0 Å². The standard InChI is InChI=1S/C23H23ClN2O3/c1-15-21(16(2)27)14-22(17-4-10-20(29-3)11-5-17)26(15)13-12-23(28)25-19-8-6-18(24)7-9-19/h4-11,14H,12-13H2,1-3H3,(H,25,28). The Morgan fingerprint density at radius 1 is 1.07 bits per heavy atom. The zero-order valence-corrected chi connectivity index (χ0v) is 17.4. The van der Waals surface area contributed by atoms with Crippen molar-refractivity contribution in [3.8, 4) is 17.0 Å². The fourth-order valence-corrected chi connectivity index (χ4v) is 3.39. The van der Waals surface area contributed by atoms with E-state index in [0.29, 0.717) is 22.8 Å². The highest BCUT2D eigenvalue weighted by Crippen LogP contribution is 2.28. The summed E-state index contributed by atoms with van der Waals surface area (Å²) in [5.41, 5.74) is 4.06. The van der Waals surface area contributed by atoms with Crippen LogP contribution in [0.4, 0.5) is 5.69 Å². The van der Waals surface area contributed by atoms with Crippen LogP contribution in [0.2, 0.25) is 5.02 Å². The van der Waals surface area contributed by atoms with Gasteiger partial charge in [0.15, 0.2) is 5.78 Å². The van der Waals surface area contributed by atoms with Crippen LogP contribution in [0, 0.1) is 6.92 Å². The lowest BCUT2D eigenvalue weighted by Crippen LogP contribution is -2.15. The molecule has 0 aliphatic heterocycles. The predicted molar refractivity (Wildman–Crippen MR) is 116 cm³/mol. The van der Waals surface area contributed by atoms with Gasteiger partial charge >= 0.3 is 0 Å². The van der Waals surface area contributed by atoms with Crippen LogP contribution in [0.15, 0.2) is 54.6 Å². The number of ketones is 1. The topological polar surface area (TPSA) is 60.3 Å². The minimum Gasteiger partial charge on any atom is -0.497 e. The second kappa shape index (κ2) is 8.97. The summed E-state index contributed by atoms with van der Waals surface area (Å²) in [6.07, 6.45) is 0.276. The number of Topliss-reactive ketones (excluding diaryl/α,β-unsaturated/α-hetero) is 1. The Balaban J connectivity index is 1.82. The van der Waals surface area contributed by atoms with Gasteiger partial charge in [0.05, 0.1) is 7.11 Å². The molecule has 6 heteroatoms. The molecule has 1 N–H and O–H groups in total. The SMILES string of the molecule is COc1ccc(-c2cc(C(C)=O)c(C)n2CCC(=O)Nc2ccc(Cl)cc2)cc1. The number of hydrogen-bond acceptors (Lipinski definition) is 3. The number of carbonyl (C=O) groups excluding carboxylic acids is 2. The van der Waals surface area contributed by atoms with Gasteiger partial charge < -0.3 is 14.6 Å². The van der Waals surface area contributed by atoms with Crippen molar-refractivity contribution in [2.45, 2.75) is 26.8 Å². The van der Waals surface area contributed by atoms with Gasteiger partial charge in [0.1, 0.15) is 5.75 Å². The highest BCUT2D eigenvalue weighted by atomic mass is 35.5. The number of nitrogens with one attached hydrogen (secondary N) is 1. The van der Waals surface area contributed by atoms with E-state index < -0.39 is 0 Å². The molecule has 3 aromatic rings. The van der Waals surface area contributed by atoms with Gasteiger partial charge in [-0.25, -0.2) is 0 Å². The first-order valence-corrected chi connectivity index (χ1v) is 9.67. The summed E-state index contributed by atoms with van der Waals surface area (Å²) in [6.45, 7) is 3.92. The highest BCUT2D eigenvalue weighted by Gasteiger charge is 2.17. The number of halogens is 1. The van der Waals surface area contributed by atoms with Crippen molar-refractivity contribution in [3.63, 3.8) is 0 Å². The number of nitrogens with zero attached hydrogens (tertiary/aromatic N) is 1. The number of anilines is 1. The molecule has 0 aliphatic carbocycles. The molecule has 0 unspecified atom stereocenters. The maximum absolute atomic E-state index is 12.4. The number of benzene rings is 2. The molecule has 0 radical (unpaired) electrons. The van der Waals surface area contributed by atoms with Crippen LogP contribution in [0.1, 0.15) is 29.4 Å². The largest absolute Gasteiger partial charge is 0.497 e. The second-order valence-electron chi connectivity index (χ2n) is 6.77.